The van der Waals surface area contributed by atoms with E-state index < -0.39 is 44.2 Å². The highest BCUT2D eigenvalue weighted by atomic mass is 35.5. The number of anilines is 2. The van der Waals surface area contributed by atoms with Gasteiger partial charge < -0.3 is 20.5 Å². The van der Waals surface area contributed by atoms with Crippen LogP contribution in [0.2, 0.25) is 5.02 Å². The van der Waals surface area contributed by atoms with Crippen LogP contribution < -0.4 is 10.6 Å². The molecule has 226 valence electrons. The van der Waals surface area contributed by atoms with Crippen LogP contribution >= 0.6 is 11.6 Å². The van der Waals surface area contributed by atoms with E-state index in [1.54, 1.807) is 49.4 Å². The normalized spacial score (nSPS) is 16.0. The molecule has 0 aliphatic carbocycles. The molecule has 0 radical (unpaired) electrons. The Bertz CT molecular complexity index is 1710. The number of carboxylic acids is 1. The summed E-state index contributed by atoms with van der Waals surface area (Å²) in [6, 6.07) is 16.1. The second-order valence-corrected chi connectivity index (χ2v) is 13.1. The summed E-state index contributed by atoms with van der Waals surface area (Å²) in [7, 11) is -4.91. The Labute approximate surface area is 254 Å². The van der Waals surface area contributed by atoms with E-state index in [9.17, 15) is 32.7 Å². The number of ketones is 1. The molecule has 4 rings (SSSR count). The Kier molecular flexibility index (Phi) is 9.56. The predicted molar refractivity (Wildman–Crippen MR) is 162 cm³/mol. The van der Waals surface area contributed by atoms with Crippen molar-refractivity contribution in [3.05, 3.63) is 93.5 Å². The van der Waals surface area contributed by atoms with E-state index in [4.69, 9.17) is 16.3 Å². The molecule has 3 aromatic rings. The number of carbonyl (C=O) groups excluding carboxylic acids is 3. The standard InChI is InChI=1S/C31H31ClN2O8S/c1-17-7-4-5-8-23(17)29(36)34-21-11-12-22(18(2)15-21)27(35)28(43(40,41)19(3)30(37)38)31(39)42-26-9-6-14-33-25-13-10-20(32)16-24(25)26/h4-5,7-8,10-13,15-16,19,26,28,33H,6,9,14H2,1-3H3,(H,34,36)(H,37,38). The molecule has 3 unspecified atom stereocenters. The van der Waals surface area contributed by atoms with Gasteiger partial charge >= 0.3 is 11.9 Å². The molecule has 3 N–H and O–H groups in total. The number of aliphatic carboxylic acids is 1. The number of rotatable bonds is 9. The second kappa shape index (κ2) is 13.0. The number of aryl methyl sites for hydroxylation is 2. The van der Waals surface area contributed by atoms with Crippen LogP contribution in [0, 0.1) is 13.8 Å². The molecule has 10 nitrogen and oxygen atoms in total. The number of amides is 1. The Balaban J connectivity index is 1.67. The molecule has 0 spiro atoms. The highest BCUT2D eigenvalue weighted by Crippen LogP contribution is 2.35. The molecule has 0 bridgehead atoms. The zero-order valence-electron chi connectivity index (χ0n) is 23.7. The van der Waals surface area contributed by atoms with E-state index >= 15 is 0 Å². The molecule has 3 aromatic carbocycles. The van der Waals surface area contributed by atoms with Crippen LogP contribution in [0.4, 0.5) is 11.4 Å². The van der Waals surface area contributed by atoms with Crippen LogP contribution in [0.15, 0.2) is 60.7 Å². The van der Waals surface area contributed by atoms with Gasteiger partial charge in [-0.05, 0) is 87.2 Å². The Morgan fingerprint density at radius 1 is 1.00 bits per heavy atom. The van der Waals surface area contributed by atoms with Gasteiger partial charge in [0.25, 0.3) is 5.91 Å². The van der Waals surface area contributed by atoms with E-state index in [2.05, 4.69) is 10.6 Å². The van der Waals surface area contributed by atoms with Gasteiger partial charge in [0, 0.05) is 39.6 Å². The minimum absolute atomic E-state index is 0.136. The maximum absolute atomic E-state index is 13.8. The van der Waals surface area contributed by atoms with Gasteiger partial charge in [-0.1, -0.05) is 29.8 Å². The van der Waals surface area contributed by atoms with Crippen LogP contribution in [-0.2, 0) is 24.2 Å². The minimum Gasteiger partial charge on any atom is -0.480 e. The maximum Gasteiger partial charge on any atom is 0.333 e. The Hall–Kier alpha value is -4.22. The minimum atomic E-state index is -4.91. The van der Waals surface area contributed by atoms with E-state index in [1.165, 1.54) is 25.1 Å². The van der Waals surface area contributed by atoms with Gasteiger partial charge in [-0.2, -0.15) is 0 Å². The van der Waals surface area contributed by atoms with Gasteiger partial charge in [-0.3, -0.25) is 19.2 Å². The first-order valence-corrected chi connectivity index (χ1v) is 15.5. The number of Topliss-reactive ketones (excluding diaryl/α,β-unsaturated/α-hetero) is 1. The number of hydrogen-bond donors (Lipinski definition) is 3. The molecule has 43 heavy (non-hydrogen) atoms. The summed E-state index contributed by atoms with van der Waals surface area (Å²) in [5, 5.41) is 11.3. The summed E-state index contributed by atoms with van der Waals surface area (Å²) in [5.41, 5.74) is 2.83. The number of carboxylic acid groups (broad SMARTS) is 1. The van der Waals surface area contributed by atoms with E-state index in [-0.39, 0.29) is 17.0 Å². The van der Waals surface area contributed by atoms with Crippen molar-refractivity contribution < 1.29 is 37.4 Å². The molecular weight excluding hydrogens is 596 g/mol. The van der Waals surface area contributed by atoms with Gasteiger partial charge in [0.1, 0.15) is 6.10 Å². The van der Waals surface area contributed by atoms with Crippen molar-refractivity contribution in [1.29, 1.82) is 0 Å². The summed E-state index contributed by atoms with van der Waals surface area (Å²) in [4.78, 5) is 51.9. The lowest BCUT2D eigenvalue weighted by atomic mass is 10.0. The lowest BCUT2D eigenvalue weighted by Gasteiger charge is -2.23. The van der Waals surface area contributed by atoms with E-state index in [0.29, 0.717) is 46.9 Å². The largest absolute Gasteiger partial charge is 0.480 e. The molecule has 1 aliphatic heterocycles. The van der Waals surface area contributed by atoms with Crippen molar-refractivity contribution in [1.82, 2.24) is 0 Å². The molecule has 12 heteroatoms. The molecular formula is C31H31ClN2O8S. The van der Waals surface area contributed by atoms with E-state index in [1.807, 2.05) is 0 Å². The number of carbonyl (C=O) groups is 4. The van der Waals surface area contributed by atoms with Gasteiger partial charge in [0.2, 0.25) is 5.25 Å². The fourth-order valence-electron chi connectivity index (χ4n) is 4.87. The molecule has 0 saturated carbocycles. The SMILES string of the molecule is Cc1ccccc1C(=O)Nc1ccc(C(=O)C(C(=O)OC2CCCNc3ccc(Cl)cc32)S(=O)(=O)C(C)C(=O)O)c(C)c1. The van der Waals surface area contributed by atoms with Crippen LogP contribution in [0.25, 0.3) is 0 Å². The topological polar surface area (TPSA) is 156 Å². The fourth-order valence-corrected chi connectivity index (χ4v) is 6.49. The van der Waals surface area contributed by atoms with Gasteiger partial charge in [-0.15, -0.1) is 0 Å². The maximum atomic E-state index is 13.8. The lowest BCUT2D eigenvalue weighted by Crippen LogP contribution is -2.46. The van der Waals surface area contributed by atoms with Crippen molar-refractivity contribution >= 4 is 56.4 Å². The molecule has 3 atom stereocenters. The molecule has 0 aromatic heterocycles. The zero-order valence-corrected chi connectivity index (χ0v) is 25.3. The predicted octanol–water partition coefficient (Wildman–Crippen LogP) is 5.14. The first-order valence-electron chi connectivity index (χ1n) is 13.5. The van der Waals surface area contributed by atoms with Gasteiger partial charge in [0.15, 0.2) is 20.9 Å². The third-order valence-corrected chi connectivity index (χ3v) is 9.82. The van der Waals surface area contributed by atoms with Crippen LogP contribution in [0.5, 0.6) is 0 Å². The second-order valence-electron chi connectivity index (χ2n) is 10.3. The molecule has 1 heterocycles. The number of halogens is 1. The summed E-state index contributed by atoms with van der Waals surface area (Å²) in [5.74, 6) is -4.61. The smallest absolute Gasteiger partial charge is 0.333 e. The first kappa shape index (κ1) is 31.7. The van der Waals surface area contributed by atoms with Crippen molar-refractivity contribution in [3.8, 4) is 0 Å². The highest BCUT2D eigenvalue weighted by Gasteiger charge is 2.47. The van der Waals surface area contributed by atoms with Crippen LogP contribution in [0.1, 0.15) is 63.3 Å². The number of nitrogens with one attached hydrogen (secondary N) is 2. The van der Waals surface area contributed by atoms with Crippen molar-refractivity contribution in [2.24, 2.45) is 0 Å². The first-order chi connectivity index (χ1) is 20.3. The number of sulfone groups is 1. The Morgan fingerprint density at radius 3 is 2.40 bits per heavy atom. The quantitative estimate of drug-likeness (QED) is 0.166. The third kappa shape index (κ3) is 6.89. The summed E-state index contributed by atoms with van der Waals surface area (Å²) in [6.07, 6.45) is -0.0480. The molecule has 1 aliphatic rings. The zero-order chi connectivity index (χ0) is 31.5. The van der Waals surface area contributed by atoms with E-state index in [0.717, 1.165) is 12.5 Å². The Morgan fingerprint density at radius 2 is 1.72 bits per heavy atom. The van der Waals surface area contributed by atoms with Crippen molar-refractivity contribution in [2.75, 3.05) is 17.2 Å². The summed E-state index contributed by atoms with van der Waals surface area (Å²) < 4.78 is 32.6. The summed E-state index contributed by atoms with van der Waals surface area (Å²) >= 11 is 6.17. The molecule has 1 amide bonds. The molecule has 0 saturated heterocycles. The van der Waals surface area contributed by atoms with Crippen LogP contribution in [0.3, 0.4) is 0 Å². The number of esters is 1. The number of hydrogen-bond acceptors (Lipinski definition) is 8. The van der Waals surface area contributed by atoms with Crippen molar-refractivity contribution in [2.45, 2.75) is 50.2 Å². The summed E-state index contributed by atoms with van der Waals surface area (Å²) in [6.45, 7) is 4.76. The lowest BCUT2D eigenvalue weighted by molar-refractivity contribution is -0.148. The van der Waals surface area contributed by atoms with Crippen LogP contribution in [-0.4, -0.2) is 54.2 Å². The van der Waals surface area contributed by atoms with Crippen molar-refractivity contribution in [3.63, 3.8) is 0 Å². The highest BCUT2D eigenvalue weighted by molar-refractivity contribution is 7.94. The van der Waals surface area contributed by atoms with Gasteiger partial charge in [0.05, 0.1) is 0 Å². The average Bonchev–Trinajstić information content (AvgIpc) is 3.14. The van der Waals surface area contributed by atoms with Gasteiger partial charge in [-0.25, -0.2) is 8.42 Å². The molecule has 0 fully saturated rings. The number of fused-ring (bicyclic) bond motifs is 1. The number of benzene rings is 3. The fraction of sp³-hybridized carbons (Fsp3) is 0.290. The monoisotopic (exact) mass is 626 g/mol. The third-order valence-electron chi connectivity index (χ3n) is 7.34. The number of ether oxygens (including phenoxy) is 1. The average molecular weight is 627 g/mol.